The van der Waals surface area contributed by atoms with E-state index in [0.29, 0.717) is 24.8 Å². The molecule has 0 saturated carbocycles. The number of hydrogen-bond donors (Lipinski definition) is 1. The normalized spacial score (nSPS) is 20.2. The highest BCUT2D eigenvalue weighted by Gasteiger charge is 2.25. The predicted molar refractivity (Wildman–Crippen MR) is 105 cm³/mol. The van der Waals surface area contributed by atoms with Gasteiger partial charge in [-0.05, 0) is 37.6 Å². The van der Waals surface area contributed by atoms with Gasteiger partial charge in [-0.3, -0.25) is 9.69 Å². The molecule has 1 N–H and O–H groups in total. The molecule has 1 amide bonds. The molecule has 8 heteroatoms. The second-order valence-corrected chi connectivity index (χ2v) is 6.61. The van der Waals surface area contributed by atoms with E-state index >= 15 is 0 Å². The molecule has 0 radical (unpaired) electrons. The summed E-state index contributed by atoms with van der Waals surface area (Å²) in [4.78, 5) is 16.6. The van der Waals surface area contributed by atoms with Crippen molar-refractivity contribution < 1.29 is 13.9 Å². The van der Waals surface area contributed by atoms with E-state index in [4.69, 9.17) is 4.74 Å². The minimum Gasteiger partial charge on any atom is -0.496 e. The summed E-state index contributed by atoms with van der Waals surface area (Å²) >= 11 is 0. The van der Waals surface area contributed by atoms with E-state index in [1.165, 1.54) is 18.6 Å². The summed E-state index contributed by atoms with van der Waals surface area (Å²) in [5.74, 6) is 0.711. The third kappa shape index (κ3) is 5.98. The number of benzene rings is 1. The molecule has 0 bridgehead atoms. The largest absolute Gasteiger partial charge is 0.496 e. The fourth-order valence-corrected chi connectivity index (χ4v) is 3.54. The summed E-state index contributed by atoms with van der Waals surface area (Å²) in [7, 11) is 1.60. The van der Waals surface area contributed by atoms with E-state index in [0.717, 1.165) is 44.7 Å². The van der Waals surface area contributed by atoms with Crippen LogP contribution < -0.4 is 10.1 Å². The molecule has 1 unspecified atom stereocenters. The van der Waals surface area contributed by atoms with Gasteiger partial charge in [0.1, 0.15) is 11.6 Å². The van der Waals surface area contributed by atoms with E-state index in [1.54, 1.807) is 13.2 Å². The fraction of sp³-hybridized carbons (Fsp3) is 0.611. The van der Waals surface area contributed by atoms with Gasteiger partial charge in [0.25, 0.3) is 0 Å². The molecule has 3 rings (SSSR count). The van der Waals surface area contributed by atoms with Crippen LogP contribution in [0.5, 0.6) is 5.75 Å². The third-order valence-electron chi connectivity index (χ3n) is 4.94. The van der Waals surface area contributed by atoms with Crippen LogP contribution in [0.2, 0.25) is 0 Å². The summed E-state index contributed by atoms with van der Waals surface area (Å²) < 4.78 is 18.8. The molecular formula is C18H28Cl2FN3O2. The van der Waals surface area contributed by atoms with Gasteiger partial charge < -0.3 is 15.0 Å². The zero-order valence-corrected chi connectivity index (χ0v) is 16.7. The summed E-state index contributed by atoms with van der Waals surface area (Å²) in [5.41, 5.74) is 0.854. The van der Waals surface area contributed by atoms with Crippen LogP contribution in [0.15, 0.2) is 18.2 Å². The minimum atomic E-state index is -0.247. The Morgan fingerprint density at radius 1 is 1.27 bits per heavy atom. The van der Waals surface area contributed by atoms with Crippen LogP contribution in [0.25, 0.3) is 0 Å². The first-order chi connectivity index (χ1) is 11.7. The molecule has 1 atom stereocenters. The van der Waals surface area contributed by atoms with Gasteiger partial charge in [0.05, 0.1) is 7.11 Å². The van der Waals surface area contributed by atoms with Crippen LogP contribution in [0.4, 0.5) is 4.39 Å². The van der Waals surface area contributed by atoms with Gasteiger partial charge in [-0.1, -0.05) is 0 Å². The molecule has 2 aliphatic heterocycles. The zero-order valence-electron chi connectivity index (χ0n) is 15.1. The van der Waals surface area contributed by atoms with Crippen LogP contribution >= 0.6 is 24.8 Å². The topological polar surface area (TPSA) is 44.8 Å². The molecule has 2 fully saturated rings. The van der Waals surface area contributed by atoms with Crippen molar-refractivity contribution in [1.29, 1.82) is 0 Å². The molecule has 0 aromatic heterocycles. The number of carbonyl (C=O) groups is 1. The average molecular weight is 408 g/mol. The predicted octanol–water partition coefficient (Wildman–Crippen LogP) is 2.46. The Morgan fingerprint density at radius 3 is 2.62 bits per heavy atom. The highest BCUT2D eigenvalue weighted by Crippen LogP contribution is 2.22. The lowest BCUT2D eigenvalue weighted by Gasteiger charge is -2.35. The van der Waals surface area contributed by atoms with Crippen LogP contribution in [-0.2, 0) is 11.3 Å². The smallest absolute Gasteiger partial charge is 0.224 e. The molecule has 1 aromatic rings. The first-order valence-electron chi connectivity index (χ1n) is 8.71. The van der Waals surface area contributed by atoms with Gasteiger partial charge in [0, 0.05) is 50.7 Å². The number of ether oxygens (including phenoxy) is 1. The first kappa shape index (κ1) is 23.0. The zero-order chi connectivity index (χ0) is 16.9. The van der Waals surface area contributed by atoms with Crippen LogP contribution in [0.3, 0.4) is 0 Å². The highest BCUT2D eigenvalue weighted by molar-refractivity contribution is 5.85. The molecular weight excluding hydrogens is 380 g/mol. The molecule has 1 aromatic carbocycles. The SMILES string of the molecule is COc1ccc(F)cc1CN1CCN(C(=O)CC2CCCN2)CC1.Cl.Cl. The standard InChI is InChI=1S/C18H26FN3O2.2ClH/c1-24-17-5-4-15(19)11-14(17)13-21-7-9-22(10-8-21)18(23)12-16-3-2-6-20-16;;/h4-5,11,16,20H,2-3,6-10,12-13H2,1H3;2*1H. The molecule has 5 nitrogen and oxygen atoms in total. The van der Waals surface area contributed by atoms with E-state index in [2.05, 4.69) is 10.2 Å². The van der Waals surface area contributed by atoms with Crippen molar-refractivity contribution in [3.8, 4) is 5.75 Å². The van der Waals surface area contributed by atoms with Crippen LogP contribution in [0, 0.1) is 5.82 Å². The number of nitrogens with zero attached hydrogens (tertiary/aromatic N) is 2. The maximum absolute atomic E-state index is 13.5. The van der Waals surface area contributed by atoms with E-state index < -0.39 is 0 Å². The van der Waals surface area contributed by atoms with E-state index in [1.807, 2.05) is 4.90 Å². The maximum atomic E-state index is 13.5. The molecule has 148 valence electrons. The number of carbonyl (C=O) groups excluding carboxylic acids is 1. The number of amides is 1. The van der Waals surface area contributed by atoms with Gasteiger partial charge in [-0.2, -0.15) is 0 Å². The number of hydrogen-bond acceptors (Lipinski definition) is 4. The van der Waals surface area contributed by atoms with Crippen molar-refractivity contribution in [3.63, 3.8) is 0 Å². The van der Waals surface area contributed by atoms with Crippen molar-refractivity contribution in [1.82, 2.24) is 15.1 Å². The van der Waals surface area contributed by atoms with Crippen molar-refractivity contribution in [2.45, 2.75) is 31.8 Å². The lowest BCUT2D eigenvalue weighted by Crippen LogP contribution is -2.49. The molecule has 26 heavy (non-hydrogen) atoms. The molecule has 2 saturated heterocycles. The lowest BCUT2D eigenvalue weighted by atomic mass is 10.1. The molecule has 2 heterocycles. The summed E-state index contributed by atoms with van der Waals surface area (Å²) in [6.07, 6.45) is 2.88. The van der Waals surface area contributed by atoms with E-state index in [-0.39, 0.29) is 36.5 Å². The van der Waals surface area contributed by atoms with E-state index in [9.17, 15) is 9.18 Å². The van der Waals surface area contributed by atoms with Crippen LogP contribution in [-0.4, -0.2) is 61.6 Å². The number of rotatable bonds is 5. The number of methoxy groups -OCH3 is 1. The fourth-order valence-electron chi connectivity index (χ4n) is 3.54. The molecule has 0 aliphatic carbocycles. The Kier molecular flexibility index (Phi) is 9.64. The maximum Gasteiger partial charge on any atom is 0.224 e. The van der Waals surface area contributed by atoms with Crippen molar-refractivity contribution in [2.75, 3.05) is 39.8 Å². The van der Waals surface area contributed by atoms with Gasteiger partial charge >= 0.3 is 0 Å². The number of nitrogens with one attached hydrogen (secondary N) is 1. The highest BCUT2D eigenvalue weighted by atomic mass is 35.5. The second-order valence-electron chi connectivity index (χ2n) is 6.61. The summed E-state index contributed by atoms with van der Waals surface area (Å²) in [6.45, 7) is 4.77. The Morgan fingerprint density at radius 2 is 2.00 bits per heavy atom. The second kappa shape index (κ2) is 10.9. The Balaban J connectivity index is 0.00000169. The number of halogens is 3. The van der Waals surface area contributed by atoms with Crippen molar-refractivity contribution >= 4 is 30.7 Å². The van der Waals surface area contributed by atoms with Gasteiger partial charge in [-0.15, -0.1) is 24.8 Å². The van der Waals surface area contributed by atoms with Crippen molar-refractivity contribution in [3.05, 3.63) is 29.6 Å². The molecule has 0 spiro atoms. The van der Waals surface area contributed by atoms with Crippen molar-refractivity contribution in [2.24, 2.45) is 0 Å². The first-order valence-corrected chi connectivity index (χ1v) is 8.71. The Bertz CT molecular complexity index is 578. The summed E-state index contributed by atoms with van der Waals surface area (Å²) in [5, 5.41) is 3.38. The number of piperazine rings is 1. The minimum absolute atomic E-state index is 0. The van der Waals surface area contributed by atoms with Gasteiger partial charge in [-0.25, -0.2) is 4.39 Å². The quantitative estimate of drug-likeness (QED) is 0.813. The van der Waals surface area contributed by atoms with Gasteiger partial charge in [0.2, 0.25) is 5.91 Å². The monoisotopic (exact) mass is 407 g/mol. The third-order valence-corrected chi connectivity index (χ3v) is 4.94. The van der Waals surface area contributed by atoms with Gasteiger partial charge in [0.15, 0.2) is 0 Å². The Hall–Kier alpha value is -1.08. The molecule has 2 aliphatic rings. The lowest BCUT2D eigenvalue weighted by molar-refractivity contribution is -0.133. The van der Waals surface area contributed by atoms with Crippen LogP contribution in [0.1, 0.15) is 24.8 Å². The average Bonchev–Trinajstić information content (AvgIpc) is 3.09. The Labute approximate surface area is 167 Å². The summed E-state index contributed by atoms with van der Waals surface area (Å²) in [6, 6.07) is 4.96.